The summed E-state index contributed by atoms with van der Waals surface area (Å²) in [6.45, 7) is 1.18. The van der Waals surface area contributed by atoms with Gasteiger partial charge in [0.1, 0.15) is 11.1 Å². The van der Waals surface area contributed by atoms with E-state index >= 15 is 0 Å². The minimum Gasteiger partial charge on any atom is -0.320 e. The molecule has 7 heteroatoms. The molecule has 0 radical (unpaired) electrons. The molecule has 132 valence electrons. The molecule has 1 aliphatic heterocycles. The summed E-state index contributed by atoms with van der Waals surface area (Å²) in [5.41, 5.74) is 2.98. The van der Waals surface area contributed by atoms with Gasteiger partial charge in [-0.1, -0.05) is 59.3 Å². The third kappa shape index (κ3) is 3.76. The highest BCUT2D eigenvalue weighted by molar-refractivity contribution is 8.00. The zero-order chi connectivity index (χ0) is 17.9. The van der Waals surface area contributed by atoms with Crippen LogP contribution in [0.3, 0.4) is 0 Å². The van der Waals surface area contributed by atoms with E-state index in [1.807, 2.05) is 65.7 Å². The third-order valence-electron chi connectivity index (χ3n) is 4.21. The van der Waals surface area contributed by atoms with Crippen molar-refractivity contribution in [3.8, 4) is 0 Å². The van der Waals surface area contributed by atoms with Crippen molar-refractivity contribution in [1.29, 1.82) is 0 Å². The summed E-state index contributed by atoms with van der Waals surface area (Å²) in [4.78, 5) is 14.2. The lowest BCUT2D eigenvalue weighted by molar-refractivity contribution is -0.128. The van der Waals surface area contributed by atoms with Gasteiger partial charge in [-0.15, -0.1) is 16.9 Å². The molecule has 4 rings (SSSR count). The zero-order valence-electron chi connectivity index (χ0n) is 14.0. The number of aromatic nitrogens is 3. The van der Waals surface area contributed by atoms with Gasteiger partial charge in [-0.25, -0.2) is 4.68 Å². The van der Waals surface area contributed by atoms with E-state index in [-0.39, 0.29) is 11.3 Å². The Morgan fingerprint density at radius 2 is 1.88 bits per heavy atom. The largest absolute Gasteiger partial charge is 0.320 e. The maximum absolute atomic E-state index is 12.3. The quantitative estimate of drug-likeness (QED) is 0.672. The second kappa shape index (κ2) is 7.51. The first-order chi connectivity index (χ1) is 12.7. The van der Waals surface area contributed by atoms with Crippen LogP contribution in [0.5, 0.6) is 0 Å². The molecule has 1 fully saturated rings. The fourth-order valence-electron chi connectivity index (χ4n) is 2.98. The average Bonchev–Trinajstić information content (AvgIpc) is 3.23. The highest BCUT2D eigenvalue weighted by atomic mass is 35.5. The first kappa shape index (κ1) is 17.1. The van der Waals surface area contributed by atoms with Crippen LogP contribution >= 0.6 is 23.4 Å². The molecule has 3 aromatic rings. The molecule has 5 nitrogen and oxygen atoms in total. The van der Waals surface area contributed by atoms with Gasteiger partial charge in [0.25, 0.3) is 0 Å². The molecule has 1 atom stereocenters. The first-order valence-electron chi connectivity index (χ1n) is 8.28. The van der Waals surface area contributed by atoms with Gasteiger partial charge in [0.2, 0.25) is 5.91 Å². The van der Waals surface area contributed by atoms with Crippen molar-refractivity contribution < 1.29 is 4.79 Å². The van der Waals surface area contributed by atoms with Crippen LogP contribution in [0.2, 0.25) is 5.02 Å². The lowest BCUT2D eigenvalue weighted by atomic mass is 10.2. The molecule has 0 aliphatic carbocycles. The molecule has 1 aliphatic rings. The van der Waals surface area contributed by atoms with Gasteiger partial charge >= 0.3 is 0 Å². The minimum absolute atomic E-state index is 0.101. The molecule has 26 heavy (non-hydrogen) atoms. The molecular formula is C19H17ClN4OS. The fraction of sp³-hybridized carbons (Fsp3) is 0.211. The number of rotatable bonds is 5. The van der Waals surface area contributed by atoms with E-state index in [4.69, 9.17) is 11.6 Å². The molecule has 0 spiro atoms. The Hall–Kier alpha value is -2.31. The van der Waals surface area contributed by atoms with Crippen molar-refractivity contribution in [1.82, 2.24) is 19.9 Å². The average molecular weight is 385 g/mol. The van der Waals surface area contributed by atoms with E-state index in [1.165, 1.54) is 0 Å². The van der Waals surface area contributed by atoms with Crippen LogP contribution in [0.4, 0.5) is 0 Å². The minimum atomic E-state index is -0.101. The van der Waals surface area contributed by atoms with Crippen LogP contribution in [0.15, 0.2) is 60.8 Å². The molecule has 2 heterocycles. The smallest absolute Gasteiger partial charge is 0.234 e. The normalized spacial score (nSPS) is 17.0. The Morgan fingerprint density at radius 3 is 2.69 bits per heavy atom. The Labute approximate surface area is 161 Å². The van der Waals surface area contributed by atoms with E-state index in [1.54, 1.807) is 16.4 Å². The van der Waals surface area contributed by atoms with Gasteiger partial charge in [-0.3, -0.25) is 4.79 Å². The summed E-state index contributed by atoms with van der Waals surface area (Å²) >= 11 is 7.63. The SMILES string of the molecule is O=C1CSC(c2cn(Cc3cccc(Cl)c3)nn2)N1Cc1ccccc1. The van der Waals surface area contributed by atoms with Crippen molar-refractivity contribution in [2.45, 2.75) is 18.5 Å². The Balaban J connectivity index is 1.51. The van der Waals surface area contributed by atoms with Gasteiger partial charge in [-0.2, -0.15) is 0 Å². The molecule has 1 unspecified atom stereocenters. The molecular weight excluding hydrogens is 368 g/mol. The summed E-state index contributed by atoms with van der Waals surface area (Å²) in [5.74, 6) is 0.604. The van der Waals surface area contributed by atoms with E-state index < -0.39 is 0 Å². The third-order valence-corrected chi connectivity index (χ3v) is 5.67. The topological polar surface area (TPSA) is 51.0 Å². The predicted molar refractivity (Wildman–Crippen MR) is 103 cm³/mol. The lowest BCUT2D eigenvalue weighted by Crippen LogP contribution is -2.27. The second-order valence-electron chi connectivity index (χ2n) is 6.14. The lowest BCUT2D eigenvalue weighted by Gasteiger charge is -2.22. The maximum Gasteiger partial charge on any atom is 0.234 e. The molecule has 0 bridgehead atoms. The van der Waals surface area contributed by atoms with E-state index in [9.17, 15) is 4.79 Å². The highest BCUT2D eigenvalue weighted by Crippen LogP contribution is 2.38. The van der Waals surface area contributed by atoms with Crippen LogP contribution in [0.1, 0.15) is 22.2 Å². The molecule has 0 saturated carbocycles. The summed E-state index contributed by atoms with van der Waals surface area (Å²) < 4.78 is 1.78. The summed E-state index contributed by atoms with van der Waals surface area (Å²) in [6.07, 6.45) is 1.91. The van der Waals surface area contributed by atoms with E-state index in [2.05, 4.69) is 10.3 Å². The van der Waals surface area contributed by atoms with Gasteiger partial charge in [0, 0.05) is 11.6 Å². The Morgan fingerprint density at radius 1 is 1.08 bits per heavy atom. The van der Waals surface area contributed by atoms with Crippen LogP contribution in [-0.2, 0) is 17.9 Å². The van der Waals surface area contributed by atoms with Gasteiger partial charge in [-0.05, 0) is 23.3 Å². The number of carbonyl (C=O) groups excluding carboxylic acids is 1. The summed E-state index contributed by atoms with van der Waals surface area (Å²) in [7, 11) is 0. The molecule has 2 aromatic carbocycles. The van der Waals surface area contributed by atoms with Crippen LogP contribution in [0.25, 0.3) is 0 Å². The first-order valence-corrected chi connectivity index (χ1v) is 9.71. The van der Waals surface area contributed by atoms with Gasteiger partial charge < -0.3 is 4.90 Å². The van der Waals surface area contributed by atoms with Crippen molar-refractivity contribution in [3.63, 3.8) is 0 Å². The van der Waals surface area contributed by atoms with Crippen molar-refractivity contribution >= 4 is 29.3 Å². The van der Waals surface area contributed by atoms with Crippen LogP contribution in [-0.4, -0.2) is 31.6 Å². The monoisotopic (exact) mass is 384 g/mol. The number of hydrogen-bond donors (Lipinski definition) is 0. The number of carbonyl (C=O) groups is 1. The van der Waals surface area contributed by atoms with Crippen molar-refractivity contribution in [2.24, 2.45) is 0 Å². The van der Waals surface area contributed by atoms with Gasteiger partial charge in [0.05, 0.1) is 18.5 Å². The molecule has 1 amide bonds. The van der Waals surface area contributed by atoms with Crippen LogP contribution < -0.4 is 0 Å². The number of benzene rings is 2. The van der Waals surface area contributed by atoms with Gasteiger partial charge in [0.15, 0.2) is 0 Å². The second-order valence-corrected chi connectivity index (χ2v) is 7.65. The maximum atomic E-state index is 12.3. The molecule has 0 N–H and O–H groups in total. The number of thioether (sulfide) groups is 1. The number of nitrogens with zero attached hydrogens (tertiary/aromatic N) is 4. The Bertz CT molecular complexity index is 915. The standard InChI is InChI=1S/C19H17ClN4OS/c20-16-8-4-7-15(9-16)10-23-12-17(21-22-23)19-24(18(25)13-26-19)11-14-5-2-1-3-6-14/h1-9,12,19H,10-11,13H2. The molecule has 1 aromatic heterocycles. The highest BCUT2D eigenvalue weighted by Gasteiger charge is 2.34. The summed E-state index contributed by atoms with van der Waals surface area (Å²) in [5, 5.41) is 9.13. The van der Waals surface area contributed by atoms with E-state index in [0.29, 0.717) is 23.9 Å². The zero-order valence-corrected chi connectivity index (χ0v) is 15.5. The van der Waals surface area contributed by atoms with E-state index in [0.717, 1.165) is 16.8 Å². The number of halogens is 1. The number of amides is 1. The predicted octanol–water partition coefficient (Wildman–Crippen LogP) is 3.75. The Kier molecular flexibility index (Phi) is 4.95. The number of hydrogen-bond acceptors (Lipinski definition) is 4. The molecule has 1 saturated heterocycles. The van der Waals surface area contributed by atoms with Crippen molar-refractivity contribution in [3.05, 3.63) is 82.6 Å². The summed E-state index contributed by atoms with van der Waals surface area (Å²) in [6, 6.07) is 17.7. The van der Waals surface area contributed by atoms with Crippen LogP contribution in [0, 0.1) is 0 Å². The van der Waals surface area contributed by atoms with Crippen molar-refractivity contribution in [2.75, 3.05) is 5.75 Å². The fourth-order valence-corrected chi connectivity index (χ4v) is 4.31.